The van der Waals surface area contributed by atoms with Crippen LogP contribution in [0.1, 0.15) is 54.5 Å². The van der Waals surface area contributed by atoms with Crippen molar-refractivity contribution >= 4 is 0 Å². The lowest BCUT2D eigenvalue weighted by Crippen LogP contribution is -2.10. The quantitative estimate of drug-likeness (QED) is 0.803. The van der Waals surface area contributed by atoms with E-state index in [-0.39, 0.29) is 11.8 Å². The highest BCUT2D eigenvalue weighted by atomic mass is 19.2. The molecule has 110 valence electrons. The molecule has 3 rings (SSSR count). The van der Waals surface area contributed by atoms with E-state index < -0.39 is 17.7 Å². The third-order valence-corrected chi connectivity index (χ3v) is 4.41. The van der Waals surface area contributed by atoms with Crippen LogP contribution in [0.4, 0.5) is 8.78 Å². The van der Waals surface area contributed by atoms with Crippen molar-refractivity contribution in [3.05, 3.63) is 65.0 Å². The van der Waals surface area contributed by atoms with Crippen LogP contribution in [0.2, 0.25) is 0 Å². The van der Waals surface area contributed by atoms with E-state index in [1.165, 1.54) is 6.07 Å². The molecule has 4 heteroatoms. The molecule has 0 amide bonds. The zero-order chi connectivity index (χ0) is 15.0. The smallest absolute Gasteiger partial charge is 0.162 e. The molecule has 1 N–H and O–H groups in total. The molecule has 1 aromatic heterocycles. The van der Waals surface area contributed by atoms with Crippen LogP contribution < -0.4 is 0 Å². The van der Waals surface area contributed by atoms with Crippen molar-refractivity contribution < 1.29 is 13.9 Å². The van der Waals surface area contributed by atoms with E-state index >= 15 is 0 Å². The Hall–Kier alpha value is -1.81. The molecule has 0 saturated heterocycles. The highest BCUT2D eigenvalue weighted by molar-refractivity contribution is 5.34. The Kier molecular flexibility index (Phi) is 3.72. The maximum absolute atomic E-state index is 14.1. The van der Waals surface area contributed by atoms with Gasteiger partial charge in [-0.05, 0) is 47.9 Å². The summed E-state index contributed by atoms with van der Waals surface area (Å²) in [7, 11) is 0. The van der Waals surface area contributed by atoms with Crippen molar-refractivity contribution in [2.45, 2.75) is 37.7 Å². The van der Waals surface area contributed by atoms with E-state index in [0.717, 1.165) is 11.6 Å². The van der Waals surface area contributed by atoms with Crippen molar-refractivity contribution in [3.8, 4) is 0 Å². The molecule has 1 aliphatic rings. The Bertz CT molecular complexity index is 659. The van der Waals surface area contributed by atoms with Gasteiger partial charge in [-0.25, -0.2) is 8.78 Å². The normalized spacial score (nSPS) is 25.2. The van der Waals surface area contributed by atoms with Crippen LogP contribution in [-0.4, -0.2) is 10.1 Å². The second-order valence-corrected chi connectivity index (χ2v) is 5.61. The third kappa shape index (κ3) is 2.44. The van der Waals surface area contributed by atoms with E-state index in [2.05, 4.69) is 4.98 Å². The zero-order valence-corrected chi connectivity index (χ0v) is 11.8. The molecule has 21 heavy (non-hydrogen) atoms. The van der Waals surface area contributed by atoms with Crippen molar-refractivity contribution in [2.24, 2.45) is 0 Å². The van der Waals surface area contributed by atoms with Crippen molar-refractivity contribution in [3.63, 3.8) is 0 Å². The number of fused-ring (bicyclic) bond motifs is 1. The number of pyridine rings is 1. The first-order valence-corrected chi connectivity index (χ1v) is 7.16. The summed E-state index contributed by atoms with van der Waals surface area (Å²) < 4.78 is 27.6. The van der Waals surface area contributed by atoms with Crippen molar-refractivity contribution in [1.82, 2.24) is 4.98 Å². The number of hydrogen-bond donors (Lipinski definition) is 1. The molecule has 1 heterocycles. The fourth-order valence-corrected chi connectivity index (χ4v) is 3.27. The van der Waals surface area contributed by atoms with E-state index in [1.54, 1.807) is 12.3 Å². The zero-order valence-electron chi connectivity index (χ0n) is 11.8. The molecule has 0 bridgehead atoms. The largest absolute Gasteiger partial charge is 0.387 e. The van der Waals surface area contributed by atoms with Gasteiger partial charge in [-0.2, -0.15) is 0 Å². The molecular weight excluding hydrogens is 272 g/mol. The first kappa shape index (κ1) is 14.1. The maximum atomic E-state index is 14.1. The van der Waals surface area contributed by atoms with Crippen LogP contribution in [0.15, 0.2) is 36.5 Å². The Morgan fingerprint density at radius 1 is 1.10 bits per heavy atom. The summed E-state index contributed by atoms with van der Waals surface area (Å²) in [6.45, 7) is 1.98. The molecule has 1 aliphatic carbocycles. The number of rotatable bonds is 1. The van der Waals surface area contributed by atoms with Gasteiger partial charge in [-0.15, -0.1) is 0 Å². The van der Waals surface area contributed by atoms with Gasteiger partial charge < -0.3 is 5.11 Å². The van der Waals surface area contributed by atoms with Crippen molar-refractivity contribution in [2.75, 3.05) is 0 Å². The van der Waals surface area contributed by atoms with Crippen LogP contribution in [0.25, 0.3) is 0 Å². The molecule has 2 aromatic rings. The summed E-state index contributed by atoms with van der Waals surface area (Å²) in [5.74, 6) is -1.80. The summed E-state index contributed by atoms with van der Waals surface area (Å²) in [6.07, 6.45) is 2.09. The number of hydrogen-bond acceptors (Lipinski definition) is 2. The average molecular weight is 289 g/mol. The van der Waals surface area contributed by atoms with Crippen LogP contribution in [-0.2, 0) is 0 Å². The highest BCUT2D eigenvalue weighted by Gasteiger charge is 2.31. The van der Waals surface area contributed by atoms with Gasteiger partial charge >= 0.3 is 0 Å². The fraction of sp³-hybridized carbons (Fsp3) is 0.353. The molecule has 0 saturated carbocycles. The van der Waals surface area contributed by atoms with Crippen molar-refractivity contribution in [1.29, 1.82) is 0 Å². The third-order valence-electron chi connectivity index (χ3n) is 4.41. The van der Waals surface area contributed by atoms with Gasteiger partial charge in [0, 0.05) is 6.20 Å². The summed E-state index contributed by atoms with van der Waals surface area (Å²) in [4.78, 5) is 4.26. The standard InChI is InChI=1S/C17H17F2NO/c1-10-11(13-4-2-6-14(18)16(13)19)7-8-15(21)17-12(10)5-3-9-20-17/h2-6,9-11,15,21H,7-8H2,1H3/t10-,11+,15+/m0/s1. The van der Waals surface area contributed by atoms with Gasteiger partial charge in [0.2, 0.25) is 0 Å². The number of halogens is 2. The predicted molar refractivity (Wildman–Crippen MR) is 75.9 cm³/mol. The van der Waals surface area contributed by atoms with E-state index in [0.29, 0.717) is 24.1 Å². The fourth-order valence-electron chi connectivity index (χ4n) is 3.27. The first-order chi connectivity index (χ1) is 10.1. The lowest BCUT2D eigenvalue weighted by Gasteiger charge is -2.23. The second-order valence-electron chi connectivity index (χ2n) is 5.61. The summed E-state index contributed by atoms with van der Waals surface area (Å²) in [6, 6.07) is 8.02. The van der Waals surface area contributed by atoms with Gasteiger partial charge in [-0.1, -0.05) is 25.1 Å². The van der Waals surface area contributed by atoms with Crippen LogP contribution in [0, 0.1) is 11.6 Å². The van der Waals surface area contributed by atoms with Gasteiger partial charge in [0.25, 0.3) is 0 Å². The summed E-state index contributed by atoms with van der Waals surface area (Å²) in [5, 5.41) is 10.2. The topological polar surface area (TPSA) is 33.1 Å². The average Bonchev–Trinajstić information content (AvgIpc) is 2.62. The monoisotopic (exact) mass is 289 g/mol. The Morgan fingerprint density at radius 3 is 2.67 bits per heavy atom. The number of nitrogens with zero attached hydrogens (tertiary/aromatic N) is 1. The predicted octanol–water partition coefficient (Wildman–Crippen LogP) is 4.07. The maximum Gasteiger partial charge on any atom is 0.162 e. The van der Waals surface area contributed by atoms with Crippen LogP contribution in [0.5, 0.6) is 0 Å². The molecule has 0 radical (unpaired) electrons. The lowest BCUT2D eigenvalue weighted by molar-refractivity contribution is 0.160. The van der Waals surface area contributed by atoms with Crippen LogP contribution in [0.3, 0.4) is 0 Å². The van der Waals surface area contributed by atoms with Gasteiger partial charge in [0.1, 0.15) is 0 Å². The molecular formula is C17H17F2NO. The number of aliphatic hydroxyl groups is 1. The second kappa shape index (κ2) is 5.53. The molecule has 1 aromatic carbocycles. The molecule has 0 fully saturated rings. The van der Waals surface area contributed by atoms with E-state index in [4.69, 9.17) is 0 Å². The highest BCUT2D eigenvalue weighted by Crippen LogP contribution is 2.44. The van der Waals surface area contributed by atoms with Gasteiger partial charge in [-0.3, -0.25) is 4.98 Å². The Balaban J connectivity index is 2.07. The molecule has 0 unspecified atom stereocenters. The van der Waals surface area contributed by atoms with Crippen LogP contribution >= 0.6 is 0 Å². The van der Waals surface area contributed by atoms with Gasteiger partial charge in [0.05, 0.1) is 11.8 Å². The lowest BCUT2D eigenvalue weighted by atomic mass is 9.81. The Morgan fingerprint density at radius 2 is 1.86 bits per heavy atom. The first-order valence-electron chi connectivity index (χ1n) is 7.16. The summed E-state index contributed by atoms with van der Waals surface area (Å²) >= 11 is 0. The minimum Gasteiger partial charge on any atom is -0.387 e. The number of aromatic nitrogens is 1. The van der Waals surface area contributed by atoms with Gasteiger partial charge in [0.15, 0.2) is 11.6 Å². The molecule has 3 atom stereocenters. The minimum absolute atomic E-state index is 0.0258. The van der Waals surface area contributed by atoms with E-state index in [9.17, 15) is 13.9 Å². The SMILES string of the molecule is C[C@@H]1c2cccnc2[C@H](O)CC[C@H]1c1cccc(F)c1F. The number of benzene rings is 1. The molecule has 2 nitrogen and oxygen atoms in total. The summed E-state index contributed by atoms with van der Waals surface area (Å²) in [5.41, 5.74) is 1.95. The minimum atomic E-state index is -0.823. The molecule has 0 aliphatic heterocycles. The Labute approximate surface area is 122 Å². The van der Waals surface area contributed by atoms with E-state index in [1.807, 2.05) is 19.1 Å². The molecule has 0 spiro atoms. The number of aliphatic hydroxyl groups excluding tert-OH is 1.